The van der Waals surface area contributed by atoms with E-state index in [1.54, 1.807) is 0 Å². The van der Waals surface area contributed by atoms with Crippen molar-refractivity contribution in [1.82, 2.24) is 5.32 Å². The third kappa shape index (κ3) is 2.08. The minimum atomic E-state index is 0.915. The van der Waals surface area contributed by atoms with E-state index in [-0.39, 0.29) is 0 Å². The summed E-state index contributed by atoms with van der Waals surface area (Å²) < 4.78 is 0. The standard InChI is InChI=1S/C15H16ClN/c16-15-8-11-9-17-10-14(11)12-6-4-2-1-3-5-7-13(12)15/h8,17H,1-3,5,7,9-10H2. The molecule has 0 bridgehead atoms. The average Bonchev–Trinajstić information content (AvgIpc) is 2.79. The van der Waals surface area contributed by atoms with Gasteiger partial charge >= 0.3 is 0 Å². The summed E-state index contributed by atoms with van der Waals surface area (Å²) in [6, 6.07) is 2.13. The van der Waals surface area contributed by atoms with Crippen LogP contribution in [-0.2, 0) is 19.5 Å². The first-order valence-corrected chi connectivity index (χ1v) is 6.77. The third-order valence-electron chi connectivity index (χ3n) is 3.64. The summed E-state index contributed by atoms with van der Waals surface area (Å²) >= 11 is 6.41. The molecule has 0 unspecified atom stereocenters. The van der Waals surface area contributed by atoms with Crippen LogP contribution in [0.1, 0.15) is 47.9 Å². The Morgan fingerprint density at radius 3 is 3.00 bits per heavy atom. The normalized spacial score (nSPS) is 18.2. The minimum Gasteiger partial charge on any atom is -0.309 e. The van der Waals surface area contributed by atoms with Gasteiger partial charge in [0.15, 0.2) is 0 Å². The number of halogens is 1. The van der Waals surface area contributed by atoms with Crippen LogP contribution >= 0.6 is 11.6 Å². The lowest BCUT2D eigenvalue weighted by molar-refractivity contribution is 0.694. The zero-order valence-corrected chi connectivity index (χ0v) is 10.7. The highest BCUT2D eigenvalue weighted by molar-refractivity contribution is 6.31. The molecule has 88 valence electrons. The van der Waals surface area contributed by atoms with Crippen LogP contribution in [0.2, 0.25) is 5.02 Å². The van der Waals surface area contributed by atoms with Crippen LogP contribution in [0.5, 0.6) is 0 Å². The predicted octanol–water partition coefficient (Wildman–Crippen LogP) is 3.41. The molecular formula is C15H16ClN. The molecule has 2 aliphatic rings. The van der Waals surface area contributed by atoms with E-state index in [9.17, 15) is 0 Å². The van der Waals surface area contributed by atoms with Gasteiger partial charge in [-0.3, -0.25) is 0 Å². The topological polar surface area (TPSA) is 12.0 Å². The molecule has 1 aromatic rings. The first-order chi connectivity index (χ1) is 8.36. The molecule has 0 saturated carbocycles. The number of nitrogens with one attached hydrogen (secondary N) is 1. The maximum Gasteiger partial charge on any atom is 0.0453 e. The largest absolute Gasteiger partial charge is 0.309 e. The summed E-state index contributed by atoms with van der Waals surface area (Å²) in [5, 5.41) is 4.31. The van der Waals surface area contributed by atoms with Crippen molar-refractivity contribution < 1.29 is 0 Å². The van der Waals surface area contributed by atoms with Gasteiger partial charge in [-0.2, -0.15) is 0 Å². The maximum absolute atomic E-state index is 6.41. The number of hydrogen-bond acceptors (Lipinski definition) is 1. The van der Waals surface area contributed by atoms with Crippen molar-refractivity contribution >= 4 is 11.6 Å². The Bertz CT molecular complexity index is 508. The summed E-state index contributed by atoms with van der Waals surface area (Å²) in [7, 11) is 0. The summed E-state index contributed by atoms with van der Waals surface area (Å²) in [4.78, 5) is 0. The van der Waals surface area contributed by atoms with Crippen molar-refractivity contribution in [1.29, 1.82) is 0 Å². The molecular weight excluding hydrogens is 230 g/mol. The Kier molecular flexibility index (Phi) is 3.09. The first kappa shape index (κ1) is 11.1. The molecule has 17 heavy (non-hydrogen) atoms. The van der Waals surface area contributed by atoms with Gasteiger partial charge < -0.3 is 5.32 Å². The highest BCUT2D eigenvalue weighted by Gasteiger charge is 2.19. The van der Waals surface area contributed by atoms with Crippen molar-refractivity contribution in [2.45, 2.75) is 45.2 Å². The summed E-state index contributed by atoms with van der Waals surface area (Å²) in [5.41, 5.74) is 5.23. The van der Waals surface area contributed by atoms with E-state index in [0.29, 0.717) is 0 Å². The van der Waals surface area contributed by atoms with E-state index >= 15 is 0 Å². The van der Waals surface area contributed by atoms with Gasteiger partial charge in [0.2, 0.25) is 0 Å². The lowest BCUT2D eigenvalue weighted by atomic mass is 9.95. The van der Waals surface area contributed by atoms with Gasteiger partial charge in [-0.05, 0) is 42.0 Å². The highest BCUT2D eigenvalue weighted by atomic mass is 35.5. The molecule has 1 aromatic carbocycles. The molecule has 0 fully saturated rings. The fraction of sp³-hybridized carbons (Fsp3) is 0.467. The molecule has 0 radical (unpaired) electrons. The molecule has 1 nitrogen and oxygen atoms in total. The summed E-state index contributed by atoms with van der Waals surface area (Å²) in [6.45, 7) is 1.88. The first-order valence-electron chi connectivity index (χ1n) is 6.39. The van der Waals surface area contributed by atoms with Crippen LogP contribution in [0.25, 0.3) is 0 Å². The van der Waals surface area contributed by atoms with Crippen molar-refractivity contribution in [2.24, 2.45) is 0 Å². The Morgan fingerprint density at radius 1 is 1.12 bits per heavy atom. The van der Waals surface area contributed by atoms with E-state index in [1.165, 1.54) is 41.5 Å². The number of fused-ring (bicyclic) bond motifs is 3. The second-order valence-electron chi connectivity index (χ2n) is 4.82. The molecule has 1 aliphatic carbocycles. The maximum atomic E-state index is 6.41. The third-order valence-corrected chi connectivity index (χ3v) is 3.98. The molecule has 2 heteroatoms. The molecule has 0 saturated heterocycles. The monoisotopic (exact) mass is 245 g/mol. The molecule has 1 heterocycles. The van der Waals surface area contributed by atoms with Crippen LogP contribution in [0.15, 0.2) is 6.07 Å². The SMILES string of the molecule is Clc1cc2c(c3c1CCCCCC#C3)CNC2. The van der Waals surface area contributed by atoms with Crippen molar-refractivity contribution in [3.63, 3.8) is 0 Å². The molecule has 1 N–H and O–H groups in total. The summed E-state index contributed by atoms with van der Waals surface area (Å²) in [5.74, 6) is 6.68. The van der Waals surface area contributed by atoms with Crippen LogP contribution in [0, 0.1) is 11.8 Å². The van der Waals surface area contributed by atoms with Gasteiger partial charge in [-0.25, -0.2) is 0 Å². The second kappa shape index (κ2) is 4.72. The molecule has 3 rings (SSSR count). The fourth-order valence-electron chi connectivity index (χ4n) is 2.71. The van der Waals surface area contributed by atoms with Crippen molar-refractivity contribution in [3.05, 3.63) is 33.3 Å². The Hall–Kier alpha value is -0.970. The van der Waals surface area contributed by atoms with Crippen LogP contribution in [0.4, 0.5) is 0 Å². The van der Waals surface area contributed by atoms with Crippen LogP contribution in [0.3, 0.4) is 0 Å². The smallest absolute Gasteiger partial charge is 0.0453 e. The molecule has 1 aliphatic heterocycles. The molecule has 0 atom stereocenters. The highest BCUT2D eigenvalue weighted by Crippen LogP contribution is 2.31. The van der Waals surface area contributed by atoms with E-state index in [2.05, 4.69) is 23.2 Å². The van der Waals surface area contributed by atoms with Gasteiger partial charge in [0, 0.05) is 30.1 Å². The zero-order chi connectivity index (χ0) is 11.7. The second-order valence-corrected chi connectivity index (χ2v) is 5.22. The Labute approximate surface area is 108 Å². The average molecular weight is 246 g/mol. The van der Waals surface area contributed by atoms with E-state index in [1.807, 2.05) is 0 Å². The fourth-order valence-corrected chi connectivity index (χ4v) is 3.03. The van der Waals surface area contributed by atoms with E-state index in [4.69, 9.17) is 11.6 Å². The number of benzene rings is 1. The molecule has 0 spiro atoms. The summed E-state index contributed by atoms with van der Waals surface area (Å²) in [6.07, 6.45) is 5.81. The molecule has 0 amide bonds. The quantitative estimate of drug-likeness (QED) is 0.691. The lowest BCUT2D eigenvalue weighted by Crippen LogP contribution is -2.01. The van der Waals surface area contributed by atoms with Gasteiger partial charge in [-0.15, -0.1) is 0 Å². The van der Waals surface area contributed by atoms with Crippen molar-refractivity contribution in [3.8, 4) is 11.8 Å². The molecule has 0 aromatic heterocycles. The Morgan fingerprint density at radius 2 is 2.06 bits per heavy atom. The van der Waals surface area contributed by atoms with Gasteiger partial charge in [0.25, 0.3) is 0 Å². The predicted molar refractivity (Wildman–Crippen MR) is 71.0 cm³/mol. The Balaban J connectivity index is 2.16. The van der Waals surface area contributed by atoms with Crippen molar-refractivity contribution in [2.75, 3.05) is 0 Å². The van der Waals surface area contributed by atoms with Gasteiger partial charge in [0.05, 0.1) is 0 Å². The lowest BCUT2D eigenvalue weighted by Gasteiger charge is -2.11. The zero-order valence-electron chi connectivity index (χ0n) is 9.91. The van der Waals surface area contributed by atoms with Gasteiger partial charge in [0.1, 0.15) is 0 Å². The number of rotatable bonds is 0. The van der Waals surface area contributed by atoms with E-state index in [0.717, 1.165) is 31.0 Å². The van der Waals surface area contributed by atoms with Crippen LogP contribution < -0.4 is 5.32 Å². The number of hydrogen-bond donors (Lipinski definition) is 1. The van der Waals surface area contributed by atoms with Gasteiger partial charge in [-0.1, -0.05) is 29.9 Å². The van der Waals surface area contributed by atoms with E-state index < -0.39 is 0 Å². The minimum absolute atomic E-state index is 0.915. The van der Waals surface area contributed by atoms with Crippen LogP contribution in [-0.4, -0.2) is 0 Å².